The molecule has 0 aliphatic heterocycles. The topological polar surface area (TPSA) is 74.6 Å². The fraction of sp³-hybridized carbons (Fsp3) is 0.182. The van der Waals surface area contributed by atoms with Crippen LogP contribution < -0.4 is 0 Å². The molecule has 0 amide bonds. The minimum absolute atomic E-state index is 0.166. The Morgan fingerprint density at radius 2 is 1.04 bits per heavy atom. The zero-order valence-electron chi connectivity index (χ0n) is 15.6. The molecular weight excluding hydrogens is 392 g/mol. The van der Waals surface area contributed by atoms with Crippen molar-refractivity contribution in [1.29, 1.82) is 0 Å². The van der Waals surface area contributed by atoms with Gasteiger partial charge >= 0.3 is 0 Å². The summed E-state index contributed by atoms with van der Waals surface area (Å²) in [5.41, 5.74) is 3.70. The molecule has 3 rings (SSSR count). The largest absolute Gasteiger partial charge is 0.396 e. The predicted octanol–water partition coefficient (Wildman–Crippen LogP) is 4.21. The normalized spacial score (nSPS) is 11.4. The highest BCUT2D eigenvalue weighted by atomic mass is 32.2. The van der Waals surface area contributed by atoms with E-state index in [2.05, 4.69) is 72.8 Å². The van der Waals surface area contributed by atoms with Gasteiger partial charge in [-0.1, -0.05) is 91.0 Å². The highest BCUT2D eigenvalue weighted by molar-refractivity contribution is 8.00. The lowest BCUT2D eigenvalue weighted by molar-refractivity contribution is 0.322. The zero-order valence-corrected chi connectivity index (χ0v) is 17.2. The van der Waals surface area contributed by atoms with Gasteiger partial charge in [0.05, 0.1) is 17.6 Å². The molecular formula is C22H24O4S2. The molecule has 0 aromatic heterocycles. The number of benzene rings is 3. The smallest absolute Gasteiger partial charge is 0.261 e. The van der Waals surface area contributed by atoms with Gasteiger partial charge in [-0.2, -0.15) is 8.42 Å². The average Bonchev–Trinajstić information content (AvgIpc) is 2.70. The highest BCUT2D eigenvalue weighted by Gasteiger charge is 2.36. The summed E-state index contributed by atoms with van der Waals surface area (Å²) in [5.74, 6) is 0.679. The maximum atomic E-state index is 9.45. The van der Waals surface area contributed by atoms with Crippen molar-refractivity contribution in [2.24, 2.45) is 0 Å². The number of hydrogen-bond donors (Lipinski definition) is 2. The SMILES string of the molecule is CS(=O)(=O)O.OCCSC(c1ccccc1)(c1ccccc1)c1ccccc1. The summed E-state index contributed by atoms with van der Waals surface area (Å²) < 4.78 is 25.6. The lowest BCUT2D eigenvalue weighted by atomic mass is 9.84. The van der Waals surface area contributed by atoms with Crippen LogP contribution in [0.1, 0.15) is 16.7 Å². The summed E-state index contributed by atoms with van der Waals surface area (Å²) in [4.78, 5) is 0. The second kappa shape index (κ2) is 10.4. The Labute approximate surface area is 171 Å². The Morgan fingerprint density at radius 3 is 1.29 bits per heavy atom. The molecule has 0 atom stereocenters. The lowest BCUT2D eigenvalue weighted by Crippen LogP contribution is -2.26. The Morgan fingerprint density at radius 1 is 0.750 bits per heavy atom. The third kappa shape index (κ3) is 6.21. The Hall–Kier alpha value is -2.12. The van der Waals surface area contributed by atoms with E-state index in [0.717, 1.165) is 0 Å². The summed E-state index contributed by atoms with van der Waals surface area (Å²) >= 11 is 1.78. The molecule has 0 aliphatic carbocycles. The lowest BCUT2D eigenvalue weighted by Gasteiger charge is -2.35. The third-order valence-electron chi connectivity index (χ3n) is 3.95. The van der Waals surface area contributed by atoms with Gasteiger partial charge in [-0.05, 0) is 16.7 Å². The van der Waals surface area contributed by atoms with E-state index < -0.39 is 10.1 Å². The Balaban J connectivity index is 0.000000500. The van der Waals surface area contributed by atoms with E-state index in [1.54, 1.807) is 11.8 Å². The van der Waals surface area contributed by atoms with Crippen LogP contribution >= 0.6 is 11.8 Å². The minimum Gasteiger partial charge on any atom is -0.396 e. The number of aliphatic hydroxyl groups is 1. The monoisotopic (exact) mass is 416 g/mol. The molecule has 0 heterocycles. The molecule has 3 aromatic rings. The number of aliphatic hydroxyl groups excluding tert-OH is 1. The summed E-state index contributed by atoms with van der Waals surface area (Å²) in [6, 6.07) is 31.6. The van der Waals surface area contributed by atoms with Crippen molar-refractivity contribution in [3.05, 3.63) is 108 Å². The van der Waals surface area contributed by atoms with Crippen molar-refractivity contribution < 1.29 is 18.1 Å². The standard InChI is InChI=1S/C21H20OS.CH4O3S/c22-16-17-23-21(18-10-4-1-5-11-18,19-12-6-2-7-13-19)20-14-8-3-9-15-20;1-5(2,3)4/h1-15,22H,16-17H2;1H3,(H,2,3,4). The Kier molecular flexibility index (Phi) is 8.26. The fourth-order valence-electron chi connectivity index (χ4n) is 2.97. The average molecular weight is 417 g/mol. The van der Waals surface area contributed by atoms with Crippen LogP contribution in [-0.4, -0.2) is 36.7 Å². The van der Waals surface area contributed by atoms with E-state index in [4.69, 9.17) is 4.55 Å². The van der Waals surface area contributed by atoms with Crippen molar-refractivity contribution in [3.8, 4) is 0 Å². The van der Waals surface area contributed by atoms with Crippen LogP contribution in [0.5, 0.6) is 0 Å². The fourth-order valence-corrected chi connectivity index (χ4v) is 4.27. The maximum Gasteiger partial charge on any atom is 0.261 e. The molecule has 0 saturated heterocycles. The van der Waals surface area contributed by atoms with E-state index in [1.165, 1.54) is 16.7 Å². The molecule has 0 unspecified atom stereocenters. The zero-order chi connectivity index (χ0) is 20.5. The van der Waals surface area contributed by atoms with Crippen molar-refractivity contribution in [1.82, 2.24) is 0 Å². The van der Waals surface area contributed by atoms with Gasteiger partial charge in [-0.25, -0.2) is 0 Å². The molecule has 0 aliphatic rings. The number of thioether (sulfide) groups is 1. The first kappa shape index (κ1) is 22.2. The molecule has 4 nitrogen and oxygen atoms in total. The quantitative estimate of drug-likeness (QED) is 0.465. The number of rotatable bonds is 6. The van der Waals surface area contributed by atoms with Gasteiger partial charge in [-0.15, -0.1) is 11.8 Å². The van der Waals surface area contributed by atoms with Gasteiger partial charge in [0, 0.05) is 5.75 Å². The molecule has 0 fully saturated rings. The van der Waals surface area contributed by atoms with Gasteiger partial charge < -0.3 is 5.11 Å². The van der Waals surface area contributed by atoms with Gasteiger partial charge in [0.2, 0.25) is 0 Å². The van der Waals surface area contributed by atoms with Crippen LogP contribution in [0, 0.1) is 0 Å². The van der Waals surface area contributed by atoms with Crippen molar-refractivity contribution in [3.63, 3.8) is 0 Å². The van der Waals surface area contributed by atoms with Crippen molar-refractivity contribution >= 4 is 21.9 Å². The first-order valence-corrected chi connectivity index (χ1v) is 11.5. The molecule has 6 heteroatoms. The van der Waals surface area contributed by atoms with E-state index in [0.29, 0.717) is 12.0 Å². The first-order chi connectivity index (χ1) is 13.4. The van der Waals surface area contributed by atoms with Gasteiger partial charge in [-0.3, -0.25) is 4.55 Å². The second-order valence-electron chi connectivity index (χ2n) is 6.08. The highest BCUT2D eigenvalue weighted by Crippen LogP contribution is 2.48. The molecule has 0 radical (unpaired) electrons. The Bertz CT molecular complexity index is 823. The van der Waals surface area contributed by atoms with E-state index in [1.807, 2.05) is 18.2 Å². The molecule has 0 bridgehead atoms. The van der Waals surface area contributed by atoms with Crippen LogP contribution in [0.3, 0.4) is 0 Å². The van der Waals surface area contributed by atoms with Crippen LogP contribution in [0.25, 0.3) is 0 Å². The maximum absolute atomic E-state index is 9.45. The van der Waals surface area contributed by atoms with Crippen LogP contribution in [-0.2, 0) is 14.9 Å². The summed E-state index contributed by atoms with van der Waals surface area (Å²) in [7, 11) is -3.67. The predicted molar refractivity (Wildman–Crippen MR) is 116 cm³/mol. The molecule has 0 saturated carbocycles. The van der Waals surface area contributed by atoms with Crippen molar-refractivity contribution in [2.75, 3.05) is 18.6 Å². The summed E-state index contributed by atoms with van der Waals surface area (Å²) in [5, 5.41) is 9.45. The van der Waals surface area contributed by atoms with E-state index >= 15 is 0 Å². The van der Waals surface area contributed by atoms with E-state index in [9.17, 15) is 13.5 Å². The number of hydrogen-bond acceptors (Lipinski definition) is 4. The summed E-state index contributed by atoms with van der Waals surface area (Å²) in [6.07, 6.45) is 0.715. The second-order valence-corrected chi connectivity index (χ2v) is 8.86. The molecule has 28 heavy (non-hydrogen) atoms. The minimum atomic E-state index is -3.67. The van der Waals surface area contributed by atoms with E-state index in [-0.39, 0.29) is 11.4 Å². The summed E-state index contributed by atoms with van der Waals surface area (Å²) in [6.45, 7) is 0.166. The molecule has 3 aromatic carbocycles. The van der Waals surface area contributed by atoms with Crippen LogP contribution in [0.15, 0.2) is 91.0 Å². The van der Waals surface area contributed by atoms with Crippen LogP contribution in [0.2, 0.25) is 0 Å². The van der Waals surface area contributed by atoms with Crippen molar-refractivity contribution in [2.45, 2.75) is 4.75 Å². The van der Waals surface area contributed by atoms with Gasteiger partial charge in [0.1, 0.15) is 0 Å². The molecule has 2 N–H and O–H groups in total. The van der Waals surface area contributed by atoms with Crippen LogP contribution in [0.4, 0.5) is 0 Å². The van der Waals surface area contributed by atoms with Gasteiger partial charge in [0.15, 0.2) is 0 Å². The van der Waals surface area contributed by atoms with Gasteiger partial charge in [0.25, 0.3) is 10.1 Å². The first-order valence-electron chi connectivity index (χ1n) is 8.72. The molecule has 148 valence electrons. The third-order valence-corrected chi connectivity index (χ3v) is 5.48. The molecule has 0 spiro atoms.